The van der Waals surface area contributed by atoms with Crippen molar-refractivity contribution >= 4 is 43.9 Å². The highest BCUT2D eigenvalue weighted by atomic mass is 79.9. The maximum atomic E-state index is 4.55. The normalized spacial score (nSPS) is 12.8. The van der Waals surface area contributed by atoms with E-state index in [1.807, 2.05) is 12.3 Å². The monoisotopic (exact) mass is 360 g/mol. The molecule has 1 unspecified atom stereocenters. The molecule has 0 amide bonds. The van der Waals surface area contributed by atoms with Crippen molar-refractivity contribution < 1.29 is 0 Å². The zero-order valence-corrected chi connectivity index (χ0v) is 14.4. The Labute approximate surface area is 137 Å². The Kier molecular flexibility index (Phi) is 4.27. The van der Waals surface area contributed by atoms with E-state index in [1.54, 1.807) is 11.3 Å². The summed E-state index contributed by atoms with van der Waals surface area (Å²) in [5, 5.41) is 8.09. The summed E-state index contributed by atoms with van der Waals surface area (Å²) in [4.78, 5) is 5.90. The van der Waals surface area contributed by atoms with Gasteiger partial charge in [0.1, 0.15) is 5.82 Å². The Bertz CT molecular complexity index is 738. The number of rotatable bonds is 4. The molecular formula is C17H17BrN2S. The summed E-state index contributed by atoms with van der Waals surface area (Å²) in [6, 6.07) is 12.8. The SMILES string of the molecule is CC(C)C(Nc1nccc2c(Br)cccc12)c1cccs1. The summed E-state index contributed by atoms with van der Waals surface area (Å²) in [6.07, 6.45) is 1.86. The fourth-order valence-electron chi connectivity index (χ4n) is 2.47. The van der Waals surface area contributed by atoms with Gasteiger partial charge in [0.05, 0.1) is 6.04 Å². The third-order valence-electron chi connectivity index (χ3n) is 3.56. The number of nitrogens with zero attached hydrogens (tertiary/aromatic N) is 1. The molecule has 2 heterocycles. The van der Waals surface area contributed by atoms with Gasteiger partial charge in [-0.15, -0.1) is 11.3 Å². The first-order chi connectivity index (χ1) is 10.2. The first-order valence-corrected chi connectivity index (χ1v) is 8.67. The summed E-state index contributed by atoms with van der Waals surface area (Å²) >= 11 is 5.40. The van der Waals surface area contributed by atoms with Crippen molar-refractivity contribution in [1.29, 1.82) is 0 Å². The van der Waals surface area contributed by atoms with E-state index in [-0.39, 0.29) is 6.04 Å². The topological polar surface area (TPSA) is 24.9 Å². The van der Waals surface area contributed by atoms with Crippen molar-refractivity contribution in [3.63, 3.8) is 0 Å². The molecule has 0 saturated heterocycles. The van der Waals surface area contributed by atoms with Crippen LogP contribution in [-0.2, 0) is 0 Å². The highest BCUT2D eigenvalue weighted by molar-refractivity contribution is 9.10. The Morgan fingerprint density at radius 2 is 1.95 bits per heavy atom. The molecule has 4 heteroatoms. The molecule has 3 aromatic rings. The number of aromatic nitrogens is 1. The minimum Gasteiger partial charge on any atom is -0.362 e. The van der Waals surface area contributed by atoms with Crippen LogP contribution in [-0.4, -0.2) is 4.98 Å². The third-order valence-corrected chi connectivity index (χ3v) is 5.21. The molecule has 0 spiro atoms. The standard InChI is InChI=1S/C17H17BrN2S/c1-11(2)16(15-7-4-10-21-15)20-17-13-5-3-6-14(18)12(13)8-9-19-17/h3-11,16H,1-2H3,(H,19,20). The first kappa shape index (κ1) is 14.5. The summed E-state index contributed by atoms with van der Waals surface area (Å²) in [5.74, 6) is 1.44. The van der Waals surface area contributed by atoms with Crippen molar-refractivity contribution in [2.45, 2.75) is 19.9 Å². The van der Waals surface area contributed by atoms with E-state index in [2.05, 4.69) is 75.8 Å². The number of hydrogen-bond donors (Lipinski definition) is 1. The van der Waals surface area contributed by atoms with Crippen LogP contribution in [0.3, 0.4) is 0 Å². The predicted octanol–water partition coefficient (Wildman–Crippen LogP) is 5.87. The van der Waals surface area contributed by atoms with Crippen molar-refractivity contribution in [3.8, 4) is 0 Å². The maximum Gasteiger partial charge on any atom is 0.134 e. The lowest BCUT2D eigenvalue weighted by Crippen LogP contribution is -2.16. The van der Waals surface area contributed by atoms with Gasteiger partial charge in [-0.05, 0) is 29.5 Å². The molecule has 1 aromatic carbocycles. The molecule has 0 aliphatic carbocycles. The molecule has 0 radical (unpaired) electrons. The molecule has 1 atom stereocenters. The largest absolute Gasteiger partial charge is 0.362 e. The van der Waals surface area contributed by atoms with Gasteiger partial charge in [-0.3, -0.25) is 0 Å². The molecule has 1 N–H and O–H groups in total. The number of nitrogens with one attached hydrogen (secondary N) is 1. The Hall–Kier alpha value is -1.39. The predicted molar refractivity (Wildman–Crippen MR) is 95.0 cm³/mol. The number of pyridine rings is 1. The molecule has 108 valence electrons. The molecular weight excluding hydrogens is 344 g/mol. The highest BCUT2D eigenvalue weighted by Gasteiger charge is 2.18. The number of anilines is 1. The summed E-state index contributed by atoms with van der Waals surface area (Å²) in [6.45, 7) is 4.47. The summed E-state index contributed by atoms with van der Waals surface area (Å²) in [5.41, 5.74) is 0. The van der Waals surface area contributed by atoms with Crippen LogP contribution in [0.1, 0.15) is 24.8 Å². The number of hydrogen-bond acceptors (Lipinski definition) is 3. The van der Waals surface area contributed by atoms with Gasteiger partial charge in [0.2, 0.25) is 0 Å². The van der Waals surface area contributed by atoms with E-state index >= 15 is 0 Å². The average molecular weight is 361 g/mol. The highest BCUT2D eigenvalue weighted by Crippen LogP contribution is 2.33. The van der Waals surface area contributed by atoms with Gasteiger partial charge in [-0.1, -0.05) is 48.0 Å². The van der Waals surface area contributed by atoms with Crippen LogP contribution in [0.5, 0.6) is 0 Å². The van der Waals surface area contributed by atoms with Crippen LogP contribution >= 0.6 is 27.3 Å². The van der Waals surface area contributed by atoms with Crippen molar-refractivity contribution in [1.82, 2.24) is 4.98 Å². The molecule has 2 nitrogen and oxygen atoms in total. The molecule has 0 fully saturated rings. The zero-order chi connectivity index (χ0) is 14.8. The molecule has 0 aliphatic heterocycles. The van der Waals surface area contributed by atoms with Gasteiger partial charge >= 0.3 is 0 Å². The van der Waals surface area contributed by atoms with E-state index in [0.717, 1.165) is 15.7 Å². The molecule has 0 bridgehead atoms. The zero-order valence-electron chi connectivity index (χ0n) is 12.0. The van der Waals surface area contributed by atoms with Gasteiger partial charge in [0, 0.05) is 26.3 Å². The van der Waals surface area contributed by atoms with Crippen molar-refractivity contribution in [3.05, 3.63) is 57.3 Å². The number of thiophene rings is 1. The van der Waals surface area contributed by atoms with E-state index in [1.165, 1.54) is 10.3 Å². The Morgan fingerprint density at radius 3 is 2.67 bits per heavy atom. The molecule has 21 heavy (non-hydrogen) atoms. The molecule has 0 saturated carbocycles. The second kappa shape index (κ2) is 6.16. The van der Waals surface area contributed by atoms with Gasteiger partial charge in [-0.25, -0.2) is 4.98 Å². The van der Waals surface area contributed by atoms with Crippen LogP contribution < -0.4 is 5.32 Å². The van der Waals surface area contributed by atoms with Gasteiger partial charge in [-0.2, -0.15) is 0 Å². The van der Waals surface area contributed by atoms with Crippen LogP contribution in [0.25, 0.3) is 10.8 Å². The fraction of sp³-hybridized carbons (Fsp3) is 0.235. The number of fused-ring (bicyclic) bond motifs is 1. The Morgan fingerprint density at radius 1 is 1.10 bits per heavy atom. The van der Waals surface area contributed by atoms with E-state index < -0.39 is 0 Å². The van der Waals surface area contributed by atoms with E-state index in [9.17, 15) is 0 Å². The average Bonchev–Trinajstić information content (AvgIpc) is 2.99. The van der Waals surface area contributed by atoms with Crippen molar-refractivity contribution in [2.75, 3.05) is 5.32 Å². The van der Waals surface area contributed by atoms with Crippen LogP contribution in [0.2, 0.25) is 0 Å². The second-order valence-corrected chi connectivity index (χ2v) is 7.21. The van der Waals surface area contributed by atoms with E-state index in [4.69, 9.17) is 0 Å². The summed E-state index contributed by atoms with van der Waals surface area (Å²) in [7, 11) is 0. The van der Waals surface area contributed by atoms with Crippen LogP contribution in [0, 0.1) is 5.92 Å². The minimum absolute atomic E-state index is 0.280. The second-order valence-electron chi connectivity index (χ2n) is 5.38. The lowest BCUT2D eigenvalue weighted by atomic mass is 10.0. The lowest BCUT2D eigenvalue weighted by molar-refractivity contribution is 0.552. The lowest BCUT2D eigenvalue weighted by Gasteiger charge is -2.22. The van der Waals surface area contributed by atoms with Gasteiger partial charge < -0.3 is 5.32 Å². The van der Waals surface area contributed by atoms with Gasteiger partial charge in [0.15, 0.2) is 0 Å². The number of benzene rings is 1. The Balaban J connectivity index is 2.02. The summed E-state index contributed by atoms with van der Waals surface area (Å²) < 4.78 is 1.10. The molecule has 0 aliphatic rings. The molecule has 3 rings (SSSR count). The fourth-order valence-corrected chi connectivity index (χ4v) is 3.91. The quantitative estimate of drug-likeness (QED) is 0.629. The number of halogens is 1. The smallest absolute Gasteiger partial charge is 0.134 e. The van der Waals surface area contributed by atoms with Crippen LogP contribution in [0.15, 0.2) is 52.4 Å². The first-order valence-electron chi connectivity index (χ1n) is 7.00. The van der Waals surface area contributed by atoms with E-state index in [0.29, 0.717) is 5.92 Å². The van der Waals surface area contributed by atoms with Crippen LogP contribution in [0.4, 0.5) is 5.82 Å². The molecule has 2 aromatic heterocycles. The van der Waals surface area contributed by atoms with Crippen molar-refractivity contribution in [2.24, 2.45) is 5.92 Å². The van der Waals surface area contributed by atoms with Gasteiger partial charge in [0.25, 0.3) is 0 Å². The maximum absolute atomic E-state index is 4.55. The third kappa shape index (κ3) is 2.97. The minimum atomic E-state index is 0.280.